The SMILES string of the molecule is c1ccc2c(c1)CC(=[N+]1NC13Cc1ccccc1N3)N2. The Balaban J connectivity index is 1.49. The van der Waals surface area contributed by atoms with Crippen molar-refractivity contribution in [2.45, 2.75) is 18.6 Å². The standard InChI is InChI=1S/C16H14N4/c1-3-7-13-11(5-1)9-15(17-13)20-16(19-20)10-12-6-2-4-8-14(12)18-16/h1-8,18-19H,9-10H2/p+1. The average molecular weight is 263 g/mol. The molecule has 1 spiro atoms. The van der Waals surface area contributed by atoms with Gasteiger partial charge in [-0.2, -0.15) is 5.43 Å². The van der Waals surface area contributed by atoms with Gasteiger partial charge in [0.25, 0.3) is 5.84 Å². The molecule has 4 heteroatoms. The lowest BCUT2D eigenvalue weighted by Gasteiger charge is -1.98. The second kappa shape index (κ2) is 3.33. The van der Waals surface area contributed by atoms with Gasteiger partial charge in [-0.3, -0.25) is 0 Å². The number of benzene rings is 2. The van der Waals surface area contributed by atoms with Gasteiger partial charge in [0.2, 0.25) is 0 Å². The average Bonchev–Trinajstić information content (AvgIpc) is 2.86. The molecule has 3 aliphatic rings. The zero-order chi connectivity index (χ0) is 13.2. The molecule has 2 aromatic rings. The monoisotopic (exact) mass is 263 g/mol. The summed E-state index contributed by atoms with van der Waals surface area (Å²) in [5.41, 5.74) is 8.69. The molecule has 3 N–H and O–H groups in total. The molecule has 3 heterocycles. The highest BCUT2D eigenvalue weighted by Gasteiger charge is 2.60. The molecule has 98 valence electrons. The molecule has 5 rings (SSSR count). The van der Waals surface area contributed by atoms with Gasteiger partial charge in [-0.05, 0) is 17.7 Å². The molecule has 1 saturated heterocycles. The Hall–Kier alpha value is -2.49. The van der Waals surface area contributed by atoms with Crippen LogP contribution in [-0.2, 0) is 12.8 Å². The quantitative estimate of drug-likeness (QED) is 0.502. The minimum atomic E-state index is -0.117. The number of hydrazine groups is 1. The highest BCUT2D eigenvalue weighted by atomic mass is 15.8. The van der Waals surface area contributed by atoms with Gasteiger partial charge in [0.15, 0.2) is 0 Å². The Morgan fingerprint density at radius 3 is 2.45 bits per heavy atom. The summed E-state index contributed by atoms with van der Waals surface area (Å²) in [5.74, 6) is 1.11. The highest BCUT2D eigenvalue weighted by molar-refractivity contribution is 6.00. The maximum atomic E-state index is 3.59. The molecule has 20 heavy (non-hydrogen) atoms. The van der Waals surface area contributed by atoms with E-state index in [9.17, 15) is 0 Å². The third-order valence-corrected chi connectivity index (χ3v) is 4.36. The van der Waals surface area contributed by atoms with Crippen molar-refractivity contribution in [3.8, 4) is 0 Å². The van der Waals surface area contributed by atoms with E-state index < -0.39 is 0 Å². The second-order valence-electron chi connectivity index (χ2n) is 5.67. The van der Waals surface area contributed by atoms with Crippen LogP contribution >= 0.6 is 0 Å². The first kappa shape index (κ1) is 10.3. The summed E-state index contributed by atoms with van der Waals surface area (Å²) < 4.78 is 2.23. The first-order chi connectivity index (χ1) is 9.84. The number of hydrogen-bond donors (Lipinski definition) is 3. The molecule has 0 amide bonds. The molecule has 0 aliphatic carbocycles. The van der Waals surface area contributed by atoms with E-state index in [2.05, 4.69) is 69.3 Å². The van der Waals surface area contributed by atoms with Crippen molar-refractivity contribution < 1.29 is 4.68 Å². The lowest BCUT2D eigenvalue weighted by Crippen LogP contribution is -2.27. The van der Waals surface area contributed by atoms with Crippen LogP contribution in [0.3, 0.4) is 0 Å². The van der Waals surface area contributed by atoms with Crippen LogP contribution in [0.4, 0.5) is 11.4 Å². The van der Waals surface area contributed by atoms with Gasteiger partial charge in [0, 0.05) is 11.3 Å². The summed E-state index contributed by atoms with van der Waals surface area (Å²) in [7, 11) is 0. The Morgan fingerprint density at radius 2 is 1.65 bits per heavy atom. The third kappa shape index (κ3) is 1.28. The van der Waals surface area contributed by atoms with Gasteiger partial charge < -0.3 is 5.32 Å². The molecule has 3 aliphatic heterocycles. The van der Waals surface area contributed by atoms with E-state index in [1.807, 2.05) is 0 Å². The summed E-state index contributed by atoms with van der Waals surface area (Å²) in [6, 6.07) is 17.0. The van der Waals surface area contributed by atoms with Gasteiger partial charge in [0.1, 0.15) is 5.69 Å². The molecule has 1 fully saturated rings. The maximum Gasteiger partial charge on any atom is 0.311 e. The maximum absolute atomic E-state index is 3.59. The molecule has 0 radical (unpaired) electrons. The summed E-state index contributed by atoms with van der Waals surface area (Å²) in [4.78, 5) is 0. The zero-order valence-corrected chi connectivity index (χ0v) is 11.0. The summed E-state index contributed by atoms with van der Waals surface area (Å²) in [6.45, 7) is 0. The predicted molar refractivity (Wildman–Crippen MR) is 78.7 cm³/mol. The molecular formula is C16H15N4+. The molecule has 2 aromatic carbocycles. The summed E-state index contributed by atoms with van der Waals surface area (Å²) in [6.07, 6.45) is 1.95. The molecule has 1 atom stereocenters. The van der Waals surface area contributed by atoms with E-state index in [0.29, 0.717) is 0 Å². The van der Waals surface area contributed by atoms with Crippen LogP contribution in [0.25, 0.3) is 0 Å². The fourth-order valence-corrected chi connectivity index (χ4v) is 3.31. The van der Waals surface area contributed by atoms with Crippen LogP contribution in [0.5, 0.6) is 0 Å². The van der Waals surface area contributed by atoms with Crippen LogP contribution in [0.1, 0.15) is 11.1 Å². The van der Waals surface area contributed by atoms with Crippen molar-refractivity contribution >= 4 is 17.2 Å². The van der Waals surface area contributed by atoms with Crippen LogP contribution < -0.4 is 16.1 Å². The van der Waals surface area contributed by atoms with Crippen molar-refractivity contribution in [2.75, 3.05) is 10.6 Å². The minimum Gasteiger partial charge on any atom is -0.322 e. The normalized spacial score (nSPS) is 28.4. The molecule has 0 saturated carbocycles. The number of fused-ring (bicyclic) bond motifs is 2. The van der Waals surface area contributed by atoms with Gasteiger partial charge in [-0.1, -0.05) is 36.4 Å². The first-order valence-corrected chi connectivity index (χ1v) is 6.99. The molecule has 0 aromatic heterocycles. The largest absolute Gasteiger partial charge is 0.322 e. The van der Waals surface area contributed by atoms with Crippen molar-refractivity contribution in [2.24, 2.45) is 0 Å². The third-order valence-electron chi connectivity index (χ3n) is 4.36. The van der Waals surface area contributed by atoms with Gasteiger partial charge in [-0.15, -0.1) is 4.68 Å². The minimum absolute atomic E-state index is 0.117. The Bertz CT molecular complexity index is 711. The first-order valence-electron chi connectivity index (χ1n) is 6.99. The van der Waals surface area contributed by atoms with E-state index in [1.165, 1.54) is 28.3 Å². The lowest BCUT2D eigenvalue weighted by molar-refractivity contribution is -0.413. The molecule has 1 unspecified atom stereocenters. The Kier molecular flexibility index (Phi) is 1.72. The van der Waals surface area contributed by atoms with Crippen LogP contribution in [0, 0.1) is 0 Å². The topological polar surface area (TPSA) is 49.0 Å². The fourth-order valence-electron chi connectivity index (χ4n) is 3.31. The summed E-state index contributed by atoms with van der Waals surface area (Å²) in [5, 5.41) is 7.11. The lowest BCUT2D eigenvalue weighted by atomic mass is 10.1. The predicted octanol–water partition coefficient (Wildman–Crippen LogP) is 1.91. The Labute approximate surface area is 117 Å². The number of hydrazone groups is 1. The Morgan fingerprint density at radius 1 is 0.900 bits per heavy atom. The van der Waals surface area contributed by atoms with E-state index in [-0.39, 0.29) is 5.79 Å². The number of hydrogen-bond acceptors (Lipinski definition) is 2. The highest BCUT2D eigenvalue weighted by Crippen LogP contribution is 2.38. The van der Waals surface area contributed by atoms with Crippen molar-refractivity contribution in [3.63, 3.8) is 0 Å². The number of amidine groups is 1. The van der Waals surface area contributed by atoms with E-state index >= 15 is 0 Å². The molecular weight excluding hydrogens is 248 g/mol. The van der Waals surface area contributed by atoms with Crippen LogP contribution in [0.15, 0.2) is 48.5 Å². The van der Waals surface area contributed by atoms with Gasteiger partial charge in [-0.25, -0.2) is 5.32 Å². The van der Waals surface area contributed by atoms with Crippen molar-refractivity contribution in [3.05, 3.63) is 59.7 Å². The van der Waals surface area contributed by atoms with Gasteiger partial charge >= 0.3 is 5.79 Å². The van der Waals surface area contributed by atoms with E-state index in [0.717, 1.165) is 12.8 Å². The smallest absolute Gasteiger partial charge is 0.311 e. The number of nitrogens with zero attached hydrogens (tertiary/aromatic N) is 1. The van der Waals surface area contributed by atoms with Crippen molar-refractivity contribution in [1.82, 2.24) is 5.43 Å². The fraction of sp³-hybridized carbons (Fsp3) is 0.188. The van der Waals surface area contributed by atoms with Crippen molar-refractivity contribution in [1.29, 1.82) is 0 Å². The number of anilines is 2. The molecule has 4 nitrogen and oxygen atoms in total. The number of nitrogens with one attached hydrogen (secondary N) is 3. The van der Waals surface area contributed by atoms with Crippen LogP contribution in [-0.4, -0.2) is 16.3 Å². The second-order valence-corrected chi connectivity index (χ2v) is 5.67. The number of rotatable bonds is 0. The van der Waals surface area contributed by atoms with Gasteiger partial charge in [0.05, 0.1) is 12.8 Å². The number of para-hydroxylation sites is 2. The molecule has 0 bridgehead atoms. The van der Waals surface area contributed by atoms with E-state index in [4.69, 9.17) is 0 Å². The zero-order valence-electron chi connectivity index (χ0n) is 11.0. The summed E-state index contributed by atoms with van der Waals surface area (Å²) >= 11 is 0. The van der Waals surface area contributed by atoms with E-state index in [1.54, 1.807) is 0 Å². The van der Waals surface area contributed by atoms with Crippen LogP contribution in [0.2, 0.25) is 0 Å².